The summed E-state index contributed by atoms with van der Waals surface area (Å²) in [6.45, 7) is 0. The van der Waals surface area contributed by atoms with Crippen LogP contribution in [0.15, 0.2) is 48.7 Å². The molecule has 2 heterocycles. The third-order valence-electron chi connectivity index (χ3n) is 6.87. The van der Waals surface area contributed by atoms with Crippen LogP contribution in [0.4, 0.5) is 16.3 Å². The molecular formula is C25H20Cl2N4O4. The van der Waals surface area contributed by atoms with E-state index < -0.39 is 0 Å². The molecule has 0 unspecified atom stereocenters. The minimum absolute atomic E-state index is 0.00347. The Morgan fingerprint density at radius 3 is 2.80 bits per heavy atom. The predicted molar refractivity (Wildman–Crippen MR) is 132 cm³/mol. The molecule has 10 heteroatoms. The first-order chi connectivity index (χ1) is 16.8. The van der Waals surface area contributed by atoms with Gasteiger partial charge in [0.15, 0.2) is 0 Å². The van der Waals surface area contributed by atoms with Gasteiger partial charge in [-0.05, 0) is 61.2 Å². The van der Waals surface area contributed by atoms with Gasteiger partial charge >= 0.3 is 6.03 Å². The Labute approximate surface area is 210 Å². The average molecular weight is 511 g/mol. The second-order valence-electron chi connectivity index (χ2n) is 9.04. The number of ether oxygens (including phenoxy) is 1. The van der Waals surface area contributed by atoms with E-state index >= 15 is 0 Å². The zero-order chi connectivity index (χ0) is 24.3. The molecule has 6 rings (SSSR count). The lowest BCUT2D eigenvalue weighted by Crippen LogP contribution is -2.36. The molecule has 4 N–H and O–H groups in total. The summed E-state index contributed by atoms with van der Waals surface area (Å²) in [7, 11) is 0. The van der Waals surface area contributed by atoms with Crippen molar-refractivity contribution in [3.05, 3.63) is 69.8 Å². The van der Waals surface area contributed by atoms with Gasteiger partial charge in [0.1, 0.15) is 23.1 Å². The first-order valence-corrected chi connectivity index (χ1v) is 11.9. The number of carbonyl (C=O) groups is 2. The molecule has 2 aromatic carbocycles. The number of nitrogens with one attached hydrogen (secondary N) is 3. The molecule has 35 heavy (non-hydrogen) atoms. The zero-order valence-corrected chi connectivity index (χ0v) is 19.8. The fourth-order valence-corrected chi connectivity index (χ4v) is 5.19. The van der Waals surface area contributed by atoms with Crippen molar-refractivity contribution in [1.29, 1.82) is 0 Å². The van der Waals surface area contributed by atoms with E-state index in [1.165, 1.54) is 0 Å². The minimum atomic E-state index is -0.378. The highest BCUT2D eigenvalue weighted by Gasteiger charge is 2.80. The number of phenolic OH excluding ortho intramolecular Hbond substituents is 1. The Balaban J connectivity index is 1.17. The van der Waals surface area contributed by atoms with Gasteiger partial charge in [-0.1, -0.05) is 23.2 Å². The monoisotopic (exact) mass is 510 g/mol. The number of carbonyl (C=O) groups excluding carboxylic acids is 2. The van der Waals surface area contributed by atoms with Gasteiger partial charge in [0.2, 0.25) is 5.91 Å². The number of rotatable bonds is 5. The van der Waals surface area contributed by atoms with Crippen LogP contribution in [-0.2, 0) is 11.2 Å². The topological polar surface area (TPSA) is 113 Å². The van der Waals surface area contributed by atoms with E-state index in [9.17, 15) is 14.7 Å². The molecule has 8 nitrogen and oxygen atoms in total. The number of phenols is 1. The maximum atomic E-state index is 12.6. The first kappa shape index (κ1) is 22.0. The van der Waals surface area contributed by atoms with E-state index in [2.05, 4.69) is 20.9 Å². The lowest BCUT2D eigenvalue weighted by Gasteiger charge is -2.20. The lowest BCUT2D eigenvalue weighted by molar-refractivity contribution is -0.116. The normalized spacial score (nSPS) is 23.4. The maximum Gasteiger partial charge on any atom is 0.319 e. The molecule has 0 saturated heterocycles. The second kappa shape index (κ2) is 8.03. The highest BCUT2D eigenvalue weighted by molar-refractivity contribution is 6.42. The van der Waals surface area contributed by atoms with Crippen LogP contribution in [0.2, 0.25) is 10.0 Å². The highest BCUT2D eigenvalue weighted by Crippen LogP contribution is 2.77. The fraction of sp³-hybridized carbons (Fsp3) is 0.240. The van der Waals surface area contributed by atoms with Crippen molar-refractivity contribution in [1.82, 2.24) is 10.3 Å². The van der Waals surface area contributed by atoms with Crippen LogP contribution in [0.25, 0.3) is 0 Å². The number of halogens is 2. The summed E-state index contributed by atoms with van der Waals surface area (Å²) in [6, 6.07) is 11.4. The molecule has 3 atom stereocenters. The van der Waals surface area contributed by atoms with E-state index in [-0.39, 0.29) is 35.1 Å². The number of fused-ring (bicyclic) bond motifs is 2. The Hall–Kier alpha value is -3.49. The summed E-state index contributed by atoms with van der Waals surface area (Å²) in [4.78, 5) is 28.5. The molecular weight excluding hydrogens is 491 g/mol. The van der Waals surface area contributed by atoms with Crippen molar-refractivity contribution in [2.45, 2.75) is 30.7 Å². The van der Waals surface area contributed by atoms with Crippen LogP contribution in [0.5, 0.6) is 17.2 Å². The predicted octanol–water partition coefficient (Wildman–Crippen LogP) is 5.45. The zero-order valence-electron chi connectivity index (χ0n) is 18.3. The van der Waals surface area contributed by atoms with Crippen LogP contribution < -0.4 is 20.7 Å². The number of aromatic nitrogens is 1. The molecule has 0 spiro atoms. The van der Waals surface area contributed by atoms with Gasteiger partial charge < -0.3 is 25.8 Å². The Morgan fingerprint density at radius 2 is 2.00 bits per heavy atom. The molecule has 1 aromatic heterocycles. The van der Waals surface area contributed by atoms with Crippen molar-refractivity contribution in [3.8, 4) is 17.2 Å². The highest BCUT2D eigenvalue weighted by atomic mass is 35.5. The first-order valence-electron chi connectivity index (χ1n) is 11.2. The molecule has 0 radical (unpaired) electrons. The second-order valence-corrected chi connectivity index (χ2v) is 9.86. The standard InChI is InChI=1S/C25H20Cl2N4O4/c26-17-4-1-12(9-18(17)27)29-24(34)31-25-11-16(25)22(25)15-10-13(2-5-19(15)32)35-20-7-8-28-23-14(20)3-6-21(33)30-23/h1-2,4-5,7-10,16,22,32H,3,6,11H2,(H,28,30,33)(H2,29,31,34)/t16-,22+,25-/m0/s1. The minimum Gasteiger partial charge on any atom is -0.508 e. The Morgan fingerprint density at radius 1 is 1.14 bits per heavy atom. The van der Waals surface area contributed by atoms with Gasteiger partial charge in [-0.3, -0.25) is 4.79 Å². The summed E-state index contributed by atoms with van der Waals surface area (Å²) < 4.78 is 6.12. The largest absolute Gasteiger partial charge is 0.508 e. The number of hydrogen-bond acceptors (Lipinski definition) is 5. The molecule has 178 valence electrons. The van der Waals surface area contributed by atoms with Gasteiger partial charge in [0, 0.05) is 35.3 Å². The Bertz CT molecular complexity index is 1400. The fourth-order valence-electron chi connectivity index (χ4n) is 4.90. The number of hydrogen-bond donors (Lipinski definition) is 4. The van der Waals surface area contributed by atoms with E-state index in [1.54, 1.807) is 48.7 Å². The van der Waals surface area contributed by atoms with E-state index in [4.69, 9.17) is 27.9 Å². The lowest BCUT2D eigenvalue weighted by atomic mass is 9.99. The summed E-state index contributed by atoms with van der Waals surface area (Å²) in [6.07, 6.45) is 3.34. The van der Waals surface area contributed by atoms with Gasteiger partial charge in [-0.2, -0.15) is 0 Å². The summed E-state index contributed by atoms with van der Waals surface area (Å²) >= 11 is 12.0. The summed E-state index contributed by atoms with van der Waals surface area (Å²) in [5, 5.41) is 19.9. The molecule has 3 aromatic rings. The average Bonchev–Trinajstić information content (AvgIpc) is 3.68. The van der Waals surface area contributed by atoms with Crippen molar-refractivity contribution in [2.24, 2.45) is 5.92 Å². The van der Waals surface area contributed by atoms with Crippen LogP contribution in [-0.4, -0.2) is 27.6 Å². The maximum absolute atomic E-state index is 12.6. The van der Waals surface area contributed by atoms with Gasteiger partial charge in [0.25, 0.3) is 0 Å². The molecule has 3 aliphatic rings. The molecule has 1 aliphatic heterocycles. The van der Waals surface area contributed by atoms with Crippen LogP contribution >= 0.6 is 23.2 Å². The number of aromatic hydroxyl groups is 1. The van der Waals surface area contributed by atoms with E-state index in [0.717, 1.165) is 17.5 Å². The number of urea groups is 1. The van der Waals surface area contributed by atoms with Crippen LogP contribution in [0.3, 0.4) is 0 Å². The van der Waals surface area contributed by atoms with Crippen molar-refractivity contribution < 1.29 is 19.4 Å². The van der Waals surface area contributed by atoms with Gasteiger partial charge in [-0.15, -0.1) is 0 Å². The summed E-state index contributed by atoms with van der Waals surface area (Å²) in [5.41, 5.74) is 1.73. The number of anilines is 2. The summed E-state index contributed by atoms with van der Waals surface area (Å²) in [5.74, 6) is 2.03. The smallest absolute Gasteiger partial charge is 0.319 e. The van der Waals surface area contributed by atoms with Crippen LogP contribution in [0, 0.1) is 5.92 Å². The third kappa shape index (κ3) is 3.92. The Kier molecular flexibility index (Phi) is 5.05. The van der Waals surface area contributed by atoms with Crippen molar-refractivity contribution in [3.63, 3.8) is 0 Å². The quantitative estimate of drug-likeness (QED) is 0.364. The van der Waals surface area contributed by atoms with Gasteiger partial charge in [-0.25, -0.2) is 9.78 Å². The SMILES string of the molecule is O=C1CCc2c(Oc3ccc(O)c([C@@H]4[C@@H]5C[C@@]45NC(=O)Nc4ccc(Cl)c(Cl)c4)c3)ccnc2N1. The number of nitrogens with zero attached hydrogens (tertiary/aromatic N) is 1. The van der Waals surface area contributed by atoms with Crippen LogP contribution in [0.1, 0.15) is 29.9 Å². The molecule has 3 amide bonds. The molecule has 2 aliphatic carbocycles. The molecule has 2 saturated carbocycles. The van der Waals surface area contributed by atoms with Crippen molar-refractivity contribution in [2.75, 3.05) is 10.6 Å². The number of pyridine rings is 1. The van der Waals surface area contributed by atoms with Gasteiger partial charge in [0.05, 0.1) is 15.6 Å². The molecule has 0 bridgehead atoms. The number of benzene rings is 2. The number of amides is 3. The molecule has 2 fully saturated rings. The van der Waals surface area contributed by atoms with Crippen molar-refractivity contribution >= 4 is 46.6 Å². The van der Waals surface area contributed by atoms with E-state index in [0.29, 0.717) is 45.9 Å². The van der Waals surface area contributed by atoms with E-state index in [1.807, 2.05) is 0 Å². The third-order valence-corrected chi connectivity index (χ3v) is 7.60.